The third-order valence-corrected chi connectivity index (χ3v) is 4.59. The fraction of sp³-hybridized carbons (Fsp3) is 0.750. The first-order valence-electron chi connectivity index (χ1n) is 8.39. The van der Waals surface area contributed by atoms with Crippen LogP contribution in [0.5, 0.6) is 0 Å². The molecule has 22 heavy (non-hydrogen) atoms. The molecule has 0 bridgehead atoms. The van der Waals surface area contributed by atoms with Crippen molar-refractivity contribution in [2.45, 2.75) is 39.3 Å². The minimum atomic E-state index is 0.0914. The molecule has 0 unspecified atom stereocenters. The summed E-state index contributed by atoms with van der Waals surface area (Å²) in [4.78, 5) is 21.1. The van der Waals surface area contributed by atoms with Crippen LogP contribution >= 0.6 is 0 Å². The molecule has 0 radical (unpaired) electrons. The van der Waals surface area contributed by atoms with Crippen molar-refractivity contribution >= 4 is 5.91 Å². The SMILES string of the molecule is CCOCC(=O)N1CCc2ncc(CN3CCCC3)n2CC1. The molecule has 1 fully saturated rings. The maximum absolute atomic E-state index is 12.1. The number of fused-ring (bicyclic) bond motifs is 1. The molecule has 0 N–H and O–H groups in total. The van der Waals surface area contributed by atoms with Gasteiger partial charge in [0.2, 0.25) is 5.91 Å². The van der Waals surface area contributed by atoms with E-state index >= 15 is 0 Å². The fourth-order valence-corrected chi connectivity index (χ4v) is 3.32. The van der Waals surface area contributed by atoms with Crippen LogP contribution in [-0.2, 0) is 29.0 Å². The molecule has 6 heteroatoms. The highest BCUT2D eigenvalue weighted by Gasteiger charge is 2.22. The molecule has 1 aromatic rings. The van der Waals surface area contributed by atoms with Crippen LogP contribution in [0.1, 0.15) is 31.3 Å². The largest absolute Gasteiger partial charge is 0.372 e. The van der Waals surface area contributed by atoms with Crippen LogP contribution in [0.2, 0.25) is 0 Å². The molecule has 122 valence electrons. The van der Waals surface area contributed by atoms with Gasteiger partial charge in [-0.3, -0.25) is 9.69 Å². The number of nitrogens with zero attached hydrogens (tertiary/aromatic N) is 4. The number of aromatic nitrogens is 2. The van der Waals surface area contributed by atoms with E-state index < -0.39 is 0 Å². The topological polar surface area (TPSA) is 50.6 Å². The van der Waals surface area contributed by atoms with Crippen LogP contribution < -0.4 is 0 Å². The minimum Gasteiger partial charge on any atom is -0.372 e. The Labute approximate surface area is 132 Å². The third-order valence-electron chi connectivity index (χ3n) is 4.59. The zero-order valence-corrected chi connectivity index (χ0v) is 13.5. The van der Waals surface area contributed by atoms with Gasteiger partial charge in [0.25, 0.3) is 0 Å². The molecule has 2 aliphatic rings. The zero-order valence-electron chi connectivity index (χ0n) is 13.5. The molecule has 1 saturated heterocycles. The van der Waals surface area contributed by atoms with Crippen molar-refractivity contribution in [3.05, 3.63) is 17.7 Å². The molecule has 3 heterocycles. The minimum absolute atomic E-state index is 0.0914. The molecule has 3 rings (SSSR count). The highest BCUT2D eigenvalue weighted by molar-refractivity contribution is 5.77. The van der Waals surface area contributed by atoms with Gasteiger partial charge in [-0.15, -0.1) is 0 Å². The van der Waals surface area contributed by atoms with E-state index in [9.17, 15) is 4.79 Å². The monoisotopic (exact) mass is 306 g/mol. The van der Waals surface area contributed by atoms with Crippen LogP contribution in [0, 0.1) is 0 Å². The number of hydrogen-bond donors (Lipinski definition) is 0. The molecule has 1 aromatic heterocycles. The zero-order chi connectivity index (χ0) is 15.4. The molecule has 0 aliphatic carbocycles. The van der Waals surface area contributed by atoms with Gasteiger partial charge in [0.15, 0.2) is 0 Å². The number of hydrogen-bond acceptors (Lipinski definition) is 4. The Balaban J connectivity index is 1.61. The summed E-state index contributed by atoms with van der Waals surface area (Å²) >= 11 is 0. The molecule has 0 saturated carbocycles. The summed E-state index contributed by atoms with van der Waals surface area (Å²) in [6, 6.07) is 0. The van der Waals surface area contributed by atoms with Crippen molar-refractivity contribution in [1.82, 2.24) is 19.4 Å². The average molecular weight is 306 g/mol. The van der Waals surface area contributed by atoms with E-state index in [1.54, 1.807) is 0 Å². The van der Waals surface area contributed by atoms with E-state index in [0.29, 0.717) is 6.61 Å². The quantitative estimate of drug-likeness (QED) is 0.811. The van der Waals surface area contributed by atoms with Gasteiger partial charge in [-0.1, -0.05) is 0 Å². The van der Waals surface area contributed by atoms with Gasteiger partial charge in [0, 0.05) is 45.4 Å². The number of carbonyl (C=O) groups is 1. The highest BCUT2D eigenvalue weighted by Crippen LogP contribution is 2.16. The van der Waals surface area contributed by atoms with E-state index in [-0.39, 0.29) is 12.5 Å². The maximum Gasteiger partial charge on any atom is 0.248 e. The lowest BCUT2D eigenvalue weighted by Crippen LogP contribution is -2.36. The van der Waals surface area contributed by atoms with Gasteiger partial charge in [0.05, 0.1) is 5.69 Å². The number of ether oxygens (including phenoxy) is 1. The highest BCUT2D eigenvalue weighted by atomic mass is 16.5. The van der Waals surface area contributed by atoms with Crippen molar-refractivity contribution in [3.63, 3.8) is 0 Å². The standard InChI is InChI=1S/C16H26N4O2/c1-2-22-13-16(21)19-8-5-15-17-11-14(20(15)10-9-19)12-18-6-3-4-7-18/h11H,2-10,12-13H2,1H3. The Morgan fingerprint density at radius 1 is 1.23 bits per heavy atom. The lowest BCUT2D eigenvalue weighted by atomic mass is 10.3. The van der Waals surface area contributed by atoms with Gasteiger partial charge in [-0.25, -0.2) is 4.98 Å². The van der Waals surface area contributed by atoms with Gasteiger partial charge >= 0.3 is 0 Å². The van der Waals surface area contributed by atoms with E-state index in [0.717, 1.165) is 38.4 Å². The van der Waals surface area contributed by atoms with Crippen LogP contribution in [0.4, 0.5) is 0 Å². The van der Waals surface area contributed by atoms with E-state index in [1.165, 1.54) is 31.6 Å². The molecule has 1 amide bonds. The van der Waals surface area contributed by atoms with E-state index in [4.69, 9.17) is 4.74 Å². The van der Waals surface area contributed by atoms with Crippen molar-refractivity contribution < 1.29 is 9.53 Å². The Kier molecular flexibility index (Phi) is 5.10. The van der Waals surface area contributed by atoms with Gasteiger partial charge in [0.1, 0.15) is 12.4 Å². The lowest BCUT2D eigenvalue weighted by Gasteiger charge is -2.20. The summed E-state index contributed by atoms with van der Waals surface area (Å²) in [5.41, 5.74) is 1.29. The second-order valence-corrected chi connectivity index (χ2v) is 6.07. The van der Waals surface area contributed by atoms with E-state index in [1.807, 2.05) is 18.0 Å². The summed E-state index contributed by atoms with van der Waals surface area (Å²) in [7, 11) is 0. The first-order valence-corrected chi connectivity index (χ1v) is 8.39. The Morgan fingerprint density at radius 2 is 2.05 bits per heavy atom. The second kappa shape index (κ2) is 7.24. The van der Waals surface area contributed by atoms with Crippen molar-refractivity contribution in [1.29, 1.82) is 0 Å². The number of rotatable bonds is 5. The Bertz CT molecular complexity index is 508. The summed E-state index contributed by atoms with van der Waals surface area (Å²) in [6.45, 7) is 8.40. The summed E-state index contributed by atoms with van der Waals surface area (Å²) in [5, 5.41) is 0. The van der Waals surface area contributed by atoms with Crippen LogP contribution in [-0.4, -0.2) is 64.7 Å². The number of amides is 1. The van der Waals surface area contributed by atoms with Gasteiger partial charge in [-0.2, -0.15) is 0 Å². The lowest BCUT2D eigenvalue weighted by molar-refractivity contribution is -0.135. The predicted octanol–water partition coefficient (Wildman–Crippen LogP) is 0.900. The first-order chi connectivity index (χ1) is 10.8. The summed E-state index contributed by atoms with van der Waals surface area (Å²) in [6.07, 6.45) is 5.46. The van der Waals surface area contributed by atoms with Crippen molar-refractivity contribution in [2.24, 2.45) is 0 Å². The molecule has 0 spiro atoms. The van der Waals surface area contributed by atoms with Gasteiger partial charge < -0.3 is 14.2 Å². The normalized spacial score (nSPS) is 19.2. The summed E-state index contributed by atoms with van der Waals surface area (Å²) < 4.78 is 7.55. The Hall–Kier alpha value is -1.40. The smallest absolute Gasteiger partial charge is 0.248 e. The Morgan fingerprint density at radius 3 is 2.82 bits per heavy atom. The molecule has 0 aromatic carbocycles. The predicted molar refractivity (Wildman–Crippen MR) is 83.5 cm³/mol. The second-order valence-electron chi connectivity index (χ2n) is 6.07. The average Bonchev–Trinajstić information content (AvgIpc) is 3.11. The van der Waals surface area contributed by atoms with Crippen molar-refractivity contribution in [3.8, 4) is 0 Å². The number of carbonyl (C=O) groups excluding carboxylic acids is 1. The molecular formula is C16H26N4O2. The maximum atomic E-state index is 12.1. The van der Waals surface area contributed by atoms with Crippen LogP contribution in [0.25, 0.3) is 0 Å². The third kappa shape index (κ3) is 3.50. The first kappa shape index (κ1) is 15.5. The van der Waals surface area contributed by atoms with E-state index in [2.05, 4.69) is 14.5 Å². The molecule has 0 atom stereocenters. The molecule has 6 nitrogen and oxygen atoms in total. The number of likely N-dealkylation sites (tertiary alicyclic amines) is 1. The molecular weight excluding hydrogens is 280 g/mol. The van der Waals surface area contributed by atoms with Crippen LogP contribution in [0.3, 0.4) is 0 Å². The number of imidazole rings is 1. The fourth-order valence-electron chi connectivity index (χ4n) is 3.32. The van der Waals surface area contributed by atoms with Gasteiger partial charge in [-0.05, 0) is 32.9 Å². The van der Waals surface area contributed by atoms with Crippen LogP contribution in [0.15, 0.2) is 6.20 Å². The van der Waals surface area contributed by atoms with Crippen molar-refractivity contribution in [2.75, 3.05) is 39.4 Å². The summed E-state index contributed by atoms with van der Waals surface area (Å²) in [5.74, 6) is 1.20. The molecule has 2 aliphatic heterocycles.